The molecule has 2 unspecified atom stereocenters. The first kappa shape index (κ1) is 10.8. The molecule has 1 aliphatic carbocycles. The monoisotopic (exact) mass is 281 g/mol. The maximum Gasteiger partial charge on any atom is 0.0201 e. The molecule has 0 amide bonds. The molecule has 0 heterocycles. The Morgan fingerprint density at radius 1 is 1.25 bits per heavy atom. The summed E-state index contributed by atoms with van der Waals surface area (Å²) in [6, 6.07) is 0.829. The summed E-state index contributed by atoms with van der Waals surface area (Å²) in [5.74, 6) is 0.930. The van der Waals surface area contributed by atoms with Crippen LogP contribution in [0.4, 0.5) is 0 Å². The van der Waals surface area contributed by atoms with E-state index in [2.05, 4.69) is 53.8 Å². The lowest BCUT2D eigenvalue weighted by Crippen LogP contribution is -2.22. The minimum Gasteiger partial charge on any atom is -0.248 e. The Labute approximate surface area is 90.4 Å². The zero-order valence-corrected chi connectivity index (χ0v) is 10.8. The minimum absolute atomic E-state index is 0.515. The van der Waals surface area contributed by atoms with Crippen molar-refractivity contribution in [3.05, 3.63) is 0 Å². The molecule has 0 saturated heterocycles. The molecule has 0 aliphatic heterocycles. The van der Waals surface area contributed by atoms with Gasteiger partial charge >= 0.3 is 0 Å². The molecule has 0 N–H and O–H groups in total. The predicted octanol–water partition coefficient (Wildman–Crippen LogP) is 3.48. The van der Waals surface area contributed by atoms with Crippen LogP contribution in [-0.2, 0) is 0 Å². The molecule has 72 valence electrons. The average Bonchev–Trinajstić information content (AvgIpc) is 2.30. The fourth-order valence-corrected chi connectivity index (χ4v) is 2.57. The first-order valence-corrected chi connectivity index (χ1v) is 5.76. The maximum atomic E-state index is 2.42. The fourth-order valence-electron chi connectivity index (χ4n) is 2.07. The second-order valence-electron chi connectivity index (χ2n) is 5.05. The van der Waals surface area contributed by atoms with Crippen LogP contribution in [0, 0.1) is 11.3 Å². The molecule has 1 saturated carbocycles. The van der Waals surface area contributed by atoms with Crippen LogP contribution in [0.3, 0.4) is 0 Å². The molecule has 0 aromatic carbocycles. The zero-order valence-electron chi connectivity index (χ0n) is 8.60. The van der Waals surface area contributed by atoms with E-state index in [0.29, 0.717) is 5.41 Å². The third-order valence-corrected chi connectivity index (χ3v) is 3.92. The Morgan fingerprint density at radius 2 is 1.83 bits per heavy atom. The van der Waals surface area contributed by atoms with Gasteiger partial charge in [-0.05, 0) is 37.6 Å². The third kappa shape index (κ3) is 2.59. The Hall–Kier alpha value is 0.690. The number of halogens is 1. The van der Waals surface area contributed by atoms with Crippen molar-refractivity contribution in [1.29, 1.82) is 0 Å². The van der Waals surface area contributed by atoms with Gasteiger partial charge in [0, 0.05) is 28.9 Å². The standard InChI is InChI=1S/C10H20IN/c1-10(2,3)8-5-6-9(7-8)12(4)11/h8-9H,5-7H2,1-4H3. The molecule has 0 spiro atoms. The molecule has 1 fully saturated rings. The SMILES string of the molecule is CN(I)C1CCC(C(C)(C)C)C1. The summed E-state index contributed by atoms with van der Waals surface area (Å²) in [5.41, 5.74) is 0.515. The van der Waals surface area contributed by atoms with Crippen molar-refractivity contribution in [3.63, 3.8) is 0 Å². The van der Waals surface area contributed by atoms with Crippen molar-refractivity contribution in [1.82, 2.24) is 3.11 Å². The van der Waals surface area contributed by atoms with E-state index in [9.17, 15) is 0 Å². The molecule has 0 radical (unpaired) electrons. The van der Waals surface area contributed by atoms with Gasteiger partial charge in [-0.1, -0.05) is 20.8 Å². The van der Waals surface area contributed by atoms with Crippen LogP contribution < -0.4 is 0 Å². The number of nitrogens with zero attached hydrogens (tertiary/aromatic N) is 1. The van der Waals surface area contributed by atoms with E-state index in [1.807, 2.05) is 0 Å². The normalized spacial score (nSPS) is 31.5. The summed E-state index contributed by atoms with van der Waals surface area (Å²) in [5, 5.41) is 0. The van der Waals surface area contributed by atoms with Crippen LogP contribution in [0.25, 0.3) is 0 Å². The first-order valence-electron chi connectivity index (χ1n) is 4.80. The molecule has 1 aliphatic rings. The van der Waals surface area contributed by atoms with Gasteiger partial charge in [0.25, 0.3) is 0 Å². The number of hydrogen-bond acceptors (Lipinski definition) is 1. The van der Waals surface area contributed by atoms with E-state index < -0.39 is 0 Å². The summed E-state index contributed by atoms with van der Waals surface area (Å²) in [6.07, 6.45) is 4.20. The molecule has 0 aromatic rings. The lowest BCUT2D eigenvalue weighted by atomic mass is 9.80. The van der Waals surface area contributed by atoms with Crippen molar-refractivity contribution >= 4 is 22.9 Å². The Bertz CT molecular complexity index is 148. The van der Waals surface area contributed by atoms with Gasteiger partial charge < -0.3 is 0 Å². The summed E-state index contributed by atoms with van der Waals surface area (Å²) < 4.78 is 2.35. The first-order chi connectivity index (χ1) is 5.41. The molecule has 2 heteroatoms. The predicted molar refractivity (Wildman–Crippen MR) is 62.4 cm³/mol. The molecule has 0 bridgehead atoms. The summed E-state index contributed by atoms with van der Waals surface area (Å²) in [6.45, 7) is 7.10. The van der Waals surface area contributed by atoms with Gasteiger partial charge in [-0.3, -0.25) is 0 Å². The number of hydrogen-bond donors (Lipinski definition) is 0. The zero-order chi connectivity index (χ0) is 9.35. The van der Waals surface area contributed by atoms with Gasteiger partial charge in [0.15, 0.2) is 0 Å². The molecular weight excluding hydrogens is 261 g/mol. The van der Waals surface area contributed by atoms with Gasteiger partial charge in [-0.25, -0.2) is 3.11 Å². The molecular formula is C10H20IN. The van der Waals surface area contributed by atoms with Gasteiger partial charge in [-0.2, -0.15) is 0 Å². The summed E-state index contributed by atoms with van der Waals surface area (Å²) in [7, 11) is 2.19. The third-order valence-electron chi connectivity index (χ3n) is 3.13. The second kappa shape index (κ2) is 3.82. The Morgan fingerprint density at radius 3 is 2.08 bits per heavy atom. The highest BCUT2D eigenvalue weighted by Gasteiger charge is 2.33. The van der Waals surface area contributed by atoms with E-state index in [0.717, 1.165) is 12.0 Å². The summed E-state index contributed by atoms with van der Waals surface area (Å²) in [4.78, 5) is 0. The van der Waals surface area contributed by atoms with Crippen LogP contribution >= 0.6 is 22.9 Å². The van der Waals surface area contributed by atoms with Crippen LogP contribution in [0.15, 0.2) is 0 Å². The van der Waals surface area contributed by atoms with Crippen molar-refractivity contribution < 1.29 is 0 Å². The van der Waals surface area contributed by atoms with Crippen molar-refractivity contribution in [2.75, 3.05) is 7.05 Å². The average molecular weight is 281 g/mol. The van der Waals surface area contributed by atoms with Crippen molar-refractivity contribution in [3.8, 4) is 0 Å². The smallest absolute Gasteiger partial charge is 0.0201 e. The van der Waals surface area contributed by atoms with Crippen LogP contribution in [0.1, 0.15) is 40.0 Å². The van der Waals surface area contributed by atoms with Gasteiger partial charge in [0.05, 0.1) is 0 Å². The molecule has 12 heavy (non-hydrogen) atoms. The molecule has 1 nitrogen and oxygen atoms in total. The van der Waals surface area contributed by atoms with Gasteiger partial charge in [-0.15, -0.1) is 0 Å². The highest BCUT2D eigenvalue weighted by molar-refractivity contribution is 14.1. The summed E-state index contributed by atoms with van der Waals surface area (Å²) >= 11 is 2.42. The minimum atomic E-state index is 0.515. The van der Waals surface area contributed by atoms with E-state index in [1.54, 1.807) is 0 Å². The lowest BCUT2D eigenvalue weighted by Gasteiger charge is -2.27. The van der Waals surface area contributed by atoms with Crippen molar-refractivity contribution in [2.45, 2.75) is 46.1 Å². The van der Waals surface area contributed by atoms with E-state index >= 15 is 0 Å². The highest BCUT2D eigenvalue weighted by atomic mass is 127. The molecule has 2 atom stereocenters. The quantitative estimate of drug-likeness (QED) is 0.525. The van der Waals surface area contributed by atoms with E-state index in [4.69, 9.17) is 0 Å². The van der Waals surface area contributed by atoms with E-state index in [-0.39, 0.29) is 0 Å². The topological polar surface area (TPSA) is 3.24 Å². The second-order valence-corrected chi connectivity index (χ2v) is 6.58. The number of rotatable bonds is 1. The van der Waals surface area contributed by atoms with Crippen LogP contribution in [0.2, 0.25) is 0 Å². The lowest BCUT2D eigenvalue weighted by molar-refractivity contribution is 0.237. The van der Waals surface area contributed by atoms with Crippen LogP contribution in [0.5, 0.6) is 0 Å². The highest BCUT2D eigenvalue weighted by Crippen LogP contribution is 2.41. The van der Waals surface area contributed by atoms with Gasteiger partial charge in [0.2, 0.25) is 0 Å². The molecule has 0 aromatic heterocycles. The van der Waals surface area contributed by atoms with Crippen LogP contribution in [-0.4, -0.2) is 16.2 Å². The van der Waals surface area contributed by atoms with Gasteiger partial charge in [0.1, 0.15) is 0 Å². The fraction of sp³-hybridized carbons (Fsp3) is 1.00. The van der Waals surface area contributed by atoms with E-state index in [1.165, 1.54) is 19.3 Å². The maximum absolute atomic E-state index is 2.42. The Kier molecular flexibility index (Phi) is 3.43. The largest absolute Gasteiger partial charge is 0.248 e. The Balaban J connectivity index is 2.46. The molecule has 1 rings (SSSR count). The van der Waals surface area contributed by atoms with Crippen molar-refractivity contribution in [2.24, 2.45) is 11.3 Å².